The van der Waals surface area contributed by atoms with Crippen molar-refractivity contribution in [1.82, 2.24) is 0 Å². The monoisotopic (exact) mass is 267 g/mol. The lowest BCUT2D eigenvalue weighted by Crippen LogP contribution is -2.22. The summed E-state index contributed by atoms with van der Waals surface area (Å²) >= 11 is 5.94. The van der Waals surface area contributed by atoms with Gasteiger partial charge in [0.15, 0.2) is 0 Å². The first-order valence-electron chi connectivity index (χ1n) is 5.82. The molecule has 96 valence electrons. The van der Waals surface area contributed by atoms with Gasteiger partial charge in [-0.05, 0) is 37.0 Å². The van der Waals surface area contributed by atoms with Crippen LogP contribution in [0, 0.1) is 11.8 Å². The van der Waals surface area contributed by atoms with Crippen molar-refractivity contribution >= 4 is 29.2 Å². The lowest BCUT2D eigenvalue weighted by molar-refractivity contribution is -0.119. The van der Waals surface area contributed by atoms with E-state index in [-0.39, 0.29) is 22.4 Å². The van der Waals surface area contributed by atoms with Crippen molar-refractivity contribution in [1.29, 1.82) is 0 Å². The zero-order valence-corrected chi connectivity index (χ0v) is 10.7. The third-order valence-corrected chi connectivity index (χ3v) is 3.53. The van der Waals surface area contributed by atoms with Crippen molar-refractivity contribution in [2.24, 2.45) is 11.8 Å². The largest absolute Gasteiger partial charge is 0.478 e. The number of carbonyl (C=O) groups is 2. The molecule has 0 aliphatic heterocycles. The van der Waals surface area contributed by atoms with Gasteiger partial charge in [0.1, 0.15) is 0 Å². The van der Waals surface area contributed by atoms with E-state index in [9.17, 15) is 9.59 Å². The van der Waals surface area contributed by atoms with Gasteiger partial charge in [-0.1, -0.05) is 18.5 Å². The summed E-state index contributed by atoms with van der Waals surface area (Å²) in [7, 11) is 0. The van der Waals surface area contributed by atoms with Gasteiger partial charge in [-0.25, -0.2) is 4.79 Å². The van der Waals surface area contributed by atoms with Crippen LogP contribution in [0.1, 0.15) is 30.1 Å². The number of hydrogen-bond donors (Lipinski definition) is 2. The molecule has 4 nitrogen and oxygen atoms in total. The Hall–Kier alpha value is -1.55. The molecule has 1 aliphatic rings. The van der Waals surface area contributed by atoms with Crippen molar-refractivity contribution in [3.05, 3.63) is 28.8 Å². The number of halogens is 1. The molecule has 1 aromatic carbocycles. The van der Waals surface area contributed by atoms with Crippen LogP contribution in [0.25, 0.3) is 0 Å². The molecule has 2 N–H and O–H groups in total. The van der Waals surface area contributed by atoms with Gasteiger partial charge in [0.25, 0.3) is 0 Å². The second-order valence-corrected chi connectivity index (χ2v) is 5.02. The summed E-state index contributed by atoms with van der Waals surface area (Å²) in [6.45, 7) is 1.90. The summed E-state index contributed by atoms with van der Waals surface area (Å²) in [5.74, 6) is -0.661. The highest BCUT2D eigenvalue weighted by Gasteiger charge is 2.32. The van der Waals surface area contributed by atoms with E-state index < -0.39 is 5.97 Å². The van der Waals surface area contributed by atoms with Crippen LogP contribution in [-0.4, -0.2) is 17.0 Å². The lowest BCUT2D eigenvalue weighted by Gasteiger charge is -2.12. The molecule has 0 saturated heterocycles. The fourth-order valence-electron chi connectivity index (χ4n) is 1.81. The average Bonchev–Trinajstić information content (AvgIpc) is 3.14. The van der Waals surface area contributed by atoms with E-state index in [1.165, 1.54) is 18.2 Å². The van der Waals surface area contributed by atoms with Gasteiger partial charge in [0.2, 0.25) is 5.91 Å². The molecule has 0 radical (unpaired) electrons. The number of benzene rings is 1. The molecule has 18 heavy (non-hydrogen) atoms. The van der Waals surface area contributed by atoms with Crippen molar-refractivity contribution < 1.29 is 14.7 Å². The van der Waals surface area contributed by atoms with Crippen LogP contribution in [0.5, 0.6) is 0 Å². The minimum atomic E-state index is -1.04. The van der Waals surface area contributed by atoms with Gasteiger partial charge >= 0.3 is 5.97 Å². The van der Waals surface area contributed by atoms with Gasteiger partial charge in [0, 0.05) is 5.92 Å². The quantitative estimate of drug-likeness (QED) is 0.881. The van der Waals surface area contributed by atoms with Crippen molar-refractivity contribution in [3.63, 3.8) is 0 Å². The van der Waals surface area contributed by atoms with Crippen LogP contribution in [-0.2, 0) is 4.79 Å². The summed E-state index contributed by atoms with van der Waals surface area (Å²) in [5, 5.41) is 11.8. The maximum atomic E-state index is 11.9. The molecule has 1 aliphatic carbocycles. The number of carboxylic acid groups (broad SMARTS) is 1. The fraction of sp³-hybridized carbons (Fsp3) is 0.385. The first-order valence-corrected chi connectivity index (χ1v) is 6.20. The summed E-state index contributed by atoms with van der Waals surface area (Å²) in [6.07, 6.45) is 2.19. The smallest absolute Gasteiger partial charge is 0.335 e. The van der Waals surface area contributed by atoms with Crippen LogP contribution in [0.3, 0.4) is 0 Å². The molecule has 2 rings (SSSR count). The second-order valence-electron chi connectivity index (χ2n) is 4.62. The van der Waals surface area contributed by atoms with Gasteiger partial charge in [0.05, 0.1) is 16.3 Å². The molecule has 1 fully saturated rings. The molecule has 5 heteroatoms. The third kappa shape index (κ3) is 2.82. The van der Waals surface area contributed by atoms with Crippen LogP contribution in [0.4, 0.5) is 5.69 Å². The van der Waals surface area contributed by atoms with E-state index in [2.05, 4.69) is 5.32 Å². The zero-order valence-electron chi connectivity index (χ0n) is 9.94. The standard InChI is InChI=1S/C13H14ClNO3/c1-7(8-2-3-8)12(16)15-11-5-4-9(13(17)18)6-10(11)14/h4-8H,2-3H2,1H3,(H,15,16)(H,17,18). The van der Waals surface area contributed by atoms with E-state index >= 15 is 0 Å². The molecule has 1 atom stereocenters. The van der Waals surface area contributed by atoms with Gasteiger partial charge in [-0.15, -0.1) is 0 Å². The van der Waals surface area contributed by atoms with E-state index in [1.807, 2.05) is 6.92 Å². The van der Waals surface area contributed by atoms with Gasteiger partial charge in [-0.3, -0.25) is 4.79 Å². The number of amides is 1. The van der Waals surface area contributed by atoms with E-state index in [0.29, 0.717) is 11.6 Å². The van der Waals surface area contributed by atoms with Crippen molar-refractivity contribution in [2.75, 3.05) is 5.32 Å². The molecule has 1 amide bonds. The molecule has 0 bridgehead atoms. The summed E-state index contributed by atoms with van der Waals surface area (Å²) in [6, 6.07) is 4.27. The van der Waals surface area contributed by atoms with Crippen LogP contribution in [0.2, 0.25) is 5.02 Å². The number of anilines is 1. The predicted molar refractivity (Wildman–Crippen MR) is 68.9 cm³/mol. The molecular formula is C13H14ClNO3. The summed E-state index contributed by atoms with van der Waals surface area (Å²) < 4.78 is 0. The molecule has 0 aromatic heterocycles. The first-order chi connectivity index (χ1) is 8.49. The Morgan fingerprint density at radius 2 is 2.11 bits per heavy atom. The van der Waals surface area contributed by atoms with E-state index in [4.69, 9.17) is 16.7 Å². The number of hydrogen-bond acceptors (Lipinski definition) is 2. The maximum absolute atomic E-state index is 11.9. The van der Waals surface area contributed by atoms with Crippen LogP contribution < -0.4 is 5.32 Å². The number of rotatable bonds is 4. The predicted octanol–water partition coefficient (Wildman–Crippen LogP) is 3.02. The Balaban J connectivity index is 2.09. The minimum Gasteiger partial charge on any atom is -0.478 e. The highest BCUT2D eigenvalue weighted by molar-refractivity contribution is 6.34. The molecule has 0 heterocycles. The Labute approximate surface area is 110 Å². The van der Waals surface area contributed by atoms with Gasteiger partial charge < -0.3 is 10.4 Å². The zero-order chi connectivity index (χ0) is 13.3. The fourth-order valence-corrected chi connectivity index (χ4v) is 2.03. The van der Waals surface area contributed by atoms with E-state index in [1.54, 1.807) is 0 Å². The first kappa shape index (κ1) is 12.9. The van der Waals surface area contributed by atoms with Crippen LogP contribution in [0.15, 0.2) is 18.2 Å². The van der Waals surface area contributed by atoms with Crippen molar-refractivity contribution in [2.45, 2.75) is 19.8 Å². The topological polar surface area (TPSA) is 66.4 Å². The number of carboxylic acids is 1. The Morgan fingerprint density at radius 1 is 1.44 bits per heavy atom. The molecule has 1 saturated carbocycles. The summed E-state index contributed by atoms with van der Waals surface area (Å²) in [5.41, 5.74) is 0.562. The summed E-state index contributed by atoms with van der Waals surface area (Å²) in [4.78, 5) is 22.6. The number of aromatic carboxylic acids is 1. The van der Waals surface area contributed by atoms with Gasteiger partial charge in [-0.2, -0.15) is 0 Å². The minimum absolute atomic E-state index is 0.0276. The molecule has 1 unspecified atom stereocenters. The molecule has 1 aromatic rings. The highest BCUT2D eigenvalue weighted by Crippen LogP contribution is 2.37. The van der Waals surface area contributed by atoms with E-state index in [0.717, 1.165) is 12.8 Å². The van der Waals surface area contributed by atoms with Crippen LogP contribution >= 0.6 is 11.6 Å². The molecular weight excluding hydrogens is 254 g/mol. The normalized spacial score (nSPS) is 16.1. The molecule has 0 spiro atoms. The maximum Gasteiger partial charge on any atom is 0.335 e. The highest BCUT2D eigenvalue weighted by atomic mass is 35.5. The lowest BCUT2D eigenvalue weighted by atomic mass is 10.1. The third-order valence-electron chi connectivity index (χ3n) is 3.22. The average molecular weight is 268 g/mol. The number of carbonyl (C=O) groups excluding carboxylic acids is 1. The number of nitrogens with one attached hydrogen (secondary N) is 1. The Kier molecular flexibility index (Phi) is 3.57. The SMILES string of the molecule is CC(C(=O)Nc1ccc(C(=O)O)cc1Cl)C1CC1. The second kappa shape index (κ2) is 4.98. The Morgan fingerprint density at radius 3 is 2.61 bits per heavy atom. The van der Waals surface area contributed by atoms with Crippen molar-refractivity contribution in [3.8, 4) is 0 Å². The Bertz CT molecular complexity index is 497.